The second-order valence-electron chi connectivity index (χ2n) is 4.00. The van der Waals surface area contributed by atoms with Crippen molar-refractivity contribution in [1.82, 2.24) is 14.8 Å². The lowest BCUT2D eigenvalue weighted by Crippen LogP contribution is -2.20. The third-order valence-electron chi connectivity index (χ3n) is 2.44. The molecule has 0 spiro atoms. The Bertz CT molecular complexity index is 577. The number of nitrogens with zero attached hydrogens (tertiary/aromatic N) is 3. The van der Waals surface area contributed by atoms with Crippen LogP contribution < -0.4 is 5.32 Å². The van der Waals surface area contributed by atoms with Gasteiger partial charge < -0.3 is 10.4 Å². The quantitative estimate of drug-likeness (QED) is 0.853. The van der Waals surface area contributed by atoms with Crippen molar-refractivity contribution in [2.75, 3.05) is 5.32 Å². The summed E-state index contributed by atoms with van der Waals surface area (Å²) in [5.41, 5.74) is 1.77. The summed E-state index contributed by atoms with van der Waals surface area (Å²) in [6.45, 7) is 3.84. The maximum absolute atomic E-state index is 11.8. The van der Waals surface area contributed by atoms with E-state index < -0.39 is 0 Å². The molecule has 1 amide bonds. The van der Waals surface area contributed by atoms with Crippen molar-refractivity contribution in [1.29, 1.82) is 0 Å². The predicted octanol–water partition coefficient (Wildman–Crippen LogP) is 1.24. The molecule has 2 rings (SSSR count). The molecule has 0 unspecified atom stereocenters. The van der Waals surface area contributed by atoms with E-state index in [9.17, 15) is 9.90 Å². The van der Waals surface area contributed by atoms with Crippen LogP contribution in [0.25, 0.3) is 0 Å². The zero-order valence-electron chi connectivity index (χ0n) is 10.2. The highest BCUT2D eigenvalue weighted by Crippen LogP contribution is 2.18. The van der Waals surface area contributed by atoms with Crippen LogP contribution in [0.1, 0.15) is 11.4 Å². The molecule has 94 valence electrons. The van der Waals surface area contributed by atoms with Gasteiger partial charge in [0.2, 0.25) is 5.91 Å². The minimum absolute atomic E-state index is 0.0563. The molecule has 2 N–H and O–H groups in total. The van der Waals surface area contributed by atoms with Crippen LogP contribution in [-0.4, -0.2) is 25.8 Å². The third-order valence-corrected chi connectivity index (χ3v) is 2.44. The third kappa shape index (κ3) is 2.65. The number of nitrogens with one attached hydrogen (secondary N) is 1. The van der Waals surface area contributed by atoms with Crippen molar-refractivity contribution in [2.45, 2.75) is 20.4 Å². The van der Waals surface area contributed by atoms with Gasteiger partial charge in [-0.1, -0.05) is 0 Å². The summed E-state index contributed by atoms with van der Waals surface area (Å²) in [6.07, 6.45) is 1.50. The van der Waals surface area contributed by atoms with E-state index in [0.29, 0.717) is 0 Å². The molecule has 6 heteroatoms. The number of hydrogen-bond donors (Lipinski definition) is 2. The monoisotopic (exact) mass is 246 g/mol. The van der Waals surface area contributed by atoms with Crippen molar-refractivity contribution in [3.8, 4) is 5.75 Å². The fraction of sp³-hybridized carbons (Fsp3) is 0.250. The molecule has 6 nitrogen and oxygen atoms in total. The summed E-state index contributed by atoms with van der Waals surface area (Å²) < 4.78 is 1.60. The first-order valence-corrected chi connectivity index (χ1v) is 5.51. The fourth-order valence-electron chi connectivity index (χ4n) is 1.64. The molecule has 2 heterocycles. The molecule has 0 saturated heterocycles. The van der Waals surface area contributed by atoms with Gasteiger partial charge in [0.25, 0.3) is 0 Å². The lowest BCUT2D eigenvalue weighted by Gasteiger charge is -2.07. The number of aryl methyl sites for hydroxylation is 2. The minimum Gasteiger partial charge on any atom is -0.504 e. The number of rotatable bonds is 3. The number of hydrogen-bond acceptors (Lipinski definition) is 4. The van der Waals surface area contributed by atoms with Gasteiger partial charge in [0.1, 0.15) is 6.54 Å². The zero-order chi connectivity index (χ0) is 13.1. The van der Waals surface area contributed by atoms with Gasteiger partial charge in [-0.25, -0.2) is 4.98 Å². The predicted molar refractivity (Wildman–Crippen MR) is 66.2 cm³/mol. The molecule has 2 aromatic rings. The maximum Gasteiger partial charge on any atom is 0.247 e. The van der Waals surface area contributed by atoms with Crippen LogP contribution >= 0.6 is 0 Å². The Hall–Kier alpha value is -2.37. The van der Waals surface area contributed by atoms with Gasteiger partial charge in [0.05, 0.1) is 5.69 Å². The molecule has 0 saturated carbocycles. The van der Waals surface area contributed by atoms with Crippen LogP contribution in [0.5, 0.6) is 5.75 Å². The largest absolute Gasteiger partial charge is 0.504 e. The normalized spacial score (nSPS) is 10.3. The van der Waals surface area contributed by atoms with E-state index >= 15 is 0 Å². The van der Waals surface area contributed by atoms with E-state index in [-0.39, 0.29) is 24.0 Å². The summed E-state index contributed by atoms with van der Waals surface area (Å²) in [5.74, 6) is -0.182. The molecular formula is C12H14N4O2. The standard InChI is InChI=1S/C12H14N4O2/c1-8-6-9(2)16(15-8)7-11(18)14-12-10(17)4-3-5-13-12/h3-6,17H,7H2,1-2H3,(H,13,14,18). The number of amides is 1. The van der Waals surface area contributed by atoms with Gasteiger partial charge in [0.15, 0.2) is 11.6 Å². The van der Waals surface area contributed by atoms with Crippen molar-refractivity contribution >= 4 is 11.7 Å². The SMILES string of the molecule is Cc1cc(C)n(CC(=O)Nc2ncccc2O)n1. The first-order valence-electron chi connectivity index (χ1n) is 5.51. The van der Waals surface area contributed by atoms with Gasteiger partial charge in [-0.3, -0.25) is 9.48 Å². The first kappa shape index (κ1) is 12.1. The minimum atomic E-state index is -0.282. The maximum atomic E-state index is 11.8. The second kappa shape index (κ2) is 4.87. The number of pyridine rings is 1. The second-order valence-corrected chi connectivity index (χ2v) is 4.00. The molecule has 0 radical (unpaired) electrons. The van der Waals surface area contributed by atoms with Crippen LogP contribution in [-0.2, 0) is 11.3 Å². The summed E-state index contributed by atoms with van der Waals surface area (Å²) in [7, 11) is 0. The fourth-order valence-corrected chi connectivity index (χ4v) is 1.64. The summed E-state index contributed by atoms with van der Waals surface area (Å²) in [4.78, 5) is 15.6. The highest BCUT2D eigenvalue weighted by molar-refractivity contribution is 5.90. The van der Waals surface area contributed by atoms with Gasteiger partial charge in [-0.05, 0) is 32.0 Å². The van der Waals surface area contributed by atoms with E-state index in [4.69, 9.17) is 0 Å². The van der Waals surface area contributed by atoms with Crippen LogP contribution in [0.15, 0.2) is 24.4 Å². The lowest BCUT2D eigenvalue weighted by molar-refractivity contribution is -0.117. The van der Waals surface area contributed by atoms with Gasteiger partial charge in [-0.2, -0.15) is 5.10 Å². The smallest absolute Gasteiger partial charge is 0.247 e. The van der Waals surface area contributed by atoms with E-state index in [1.807, 2.05) is 19.9 Å². The molecule has 0 bridgehead atoms. The van der Waals surface area contributed by atoms with Gasteiger partial charge >= 0.3 is 0 Å². The molecular weight excluding hydrogens is 232 g/mol. The number of carbonyl (C=O) groups is 1. The number of carbonyl (C=O) groups excluding carboxylic acids is 1. The molecule has 0 aromatic carbocycles. The van der Waals surface area contributed by atoms with Crippen LogP contribution in [0, 0.1) is 13.8 Å². The van der Waals surface area contributed by atoms with E-state index in [2.05, 4.69) is 15.4 Å². The molecule has 2 aromatic heterocycles. The highest BCUT2D eigenvalue weighted by Gasteiger charge is 2.09. The van der Waals surface area contributed by atoms with Crippen molar-refractivity contribution < 1.29 is 9.90 Å². The average Bonchev–Trinajstić information content (AvgIpc) is 2.61. The van der Waals surface area contributed by atoms with Crippen molar-refractivity contribution in [2.24, 2.45) is 0 Å². The van der Waals surface area contributed by atoms with Gasteiger partial charge in [-0.15, -0.1) is 0 Å². The summed E-state index contributed by atoms with van der Waals surface area (Å²) in [6, 6.07) is 4.95. The van der Waals surface area contributed by atoms with Crippen LogP contribution in [0.4, 0.5) is 5.82 Å². The topological polar surface area (TPSA) is 80.0 Å². The van der Waals surface area contributed by atoms with Crippen LogP contribution in [0.2, 0.25) is 0 Å². The van der Waals surface area contributed by atoms with E-state index in [1.165, 1.54) is 12.3 Å². The van der Waals surface area contributed by atoms with E-state index in [1.54, 1.807) is 10.7 Å². The van der Waals surface area contributed by atoms with Crippen molar-refractivity contribution in [3.63, 3.8) is 0 Å². The Morgan fingerprint density at radius 3 is 2.89 bits per heavy atom. The Labute approximate surface area is 104 Å². The number of aromatic nitrogens is 3. The molecule has 0 fully saturated rings. The molecule has 0 atom stereocenters. The van der Waals surface area contributed by atoms with Gasteiger partial charge in [0, 0.05) is 11.9 Å². The Kier molecular flexibility index (Phi) is 3.27. The lowest BCUT2D eigenvalue weighted by atomic mass is 10.4. The first-order chi connectivity index (χ1) is 8.56. The molecule has 0 aliphatic heterocycles. The van der Waals surface area contributed by atoms with Crippen molar-refractivity contribution in [3.05, 3.63) is 35.8 Å². The summed E-state index contributed by atoms with van der Waals surface area (Å²) >= 11 is 0. The molecule has 0 aliphatic carbocycles. The van der Waals surface area contributed by atoms with E-state index in [0.717, 1.165) is 11.4 Å². The molecule has 0 aliphatic rings. The Morgan fingerprint density at radius 1 is 1.50 bits per heavy atom. The number of aromatic hydroxyl groups is 1. The number of anilines is 1. The van der Waals surface area contributed by atoms with Crippen LogP contribution in [0.3, 0.4) is 0 Å². The Morgan fingerprint density at radius 2 is 2.28 bits per heavy atom. The zero-order valence-corrected chi connectivity index (χ0v) is 10.2. The average molecular weight is 246 g/mol. The highest BCUT2D eigenvalue weighted by atomic mass is 16.3. The summed E-state index contributed by atoms with van der Waals surface area (Å²) in [5, 5.41) is 16.2. The Balaban J connectivity index is 2.06. The molecule has 18 heavy (non-hydrogen) atoms.